The third-order valence-electron chi connectivity index (χ3n) is 4.58. The molecule has 3 rings (SSSR count). The quantitative estimate of drug-likeness (QED) is 0.458. The molecular weight excluding hydrogens is 490 g/mol. The highest BCUT2D eigenvalue weighted by atomic mass is 79.9. The second kappa shape index (κ2) is 9.45. The third-order valence-corrected chi connectivity index (χ3v) is 6.31. The zero-order chi connectivity index (χ0) is 22.0. The molecular formula is C22H21BrClNO4S. The van der Waals surface area contributed by atoms with Gasteiger partial charge in [0.15, 0.2) is 0 Å². The molecule has 2 amide bonds. The number of nitrogens with zero attached hydrogens (tertiary/aromatic N) is 1. The Kier molecular flexibility index (Phi) is 7.16. The van der Waals surface area contributed by atoms with Gasteiger partial charge in [-0.15, -0.1) is 0 Å². The fourth-order valence-corrected chi connectivity index (χ4v) is 4.71. The monoisotopic (exact) mass is 509 g/mol. The van der Waals surface area contributed by atoms with Gasteiger partial charge in [0.05, 0.1) is 15.9 Å². The van der Waals surface area contributed by atoms with Gasteiger partial charge in [-0.2, -0.15) is 0 Å². The van der Waals surface area contributed by atoms with E-state index in [0.717, 1.165) is 33.5 Å². The van der Waals surface area contributed by atoms with Crippen LogP contribution in [0.3, 0.4) is 0 Å². The minimum absolute atomic E-state index is 0.0461. The predicted molar refractivity (Wildman–Crippen MR) is 124 cm³/mol. The Morgan fingerprint density at radius 1 is 1.27 bits per heavy atom. The first kappa shape index (κ1) is 22.7. The molecule has 0 aromatic heterocycles. The molecule has 1 aliphatic rings. The van der Waals surface area contributed by atoms with Gasteiger partial charge in [-0.05, 0) is 75.9 Å². The number of benzene rings is 2. The van der Waals surface area contributed by atoms with Gasteiger partial charge in [-0.1, -0.05) is 37.6 Å². The van der Waals surface area contributed by atoms with E-state index in [0.29, 0.717) is 21.0 Å². The zero-order valence-corrected chi connectivity index (χ0v) is 19.9. The van der Waals surface area contributed by atoms with Gasteiger partial charge in [-0.25, -0.2) is 0 Å². The normalized spacial score (nSPS) is 15.5. The maximum Gasteiger partial charge on any atom is 0.293 e. The fraction of sp³-hybridized carbons (Fsp3) is 0.273. The summed E-state index contributed by atoms with van der Waals surface area (Å²) in [5.41, 5.74) is 2.52. The summed E-state index contributed by atoms with van der Waals surface area (Å²) in [5, 5.41) is 10.2. The van der Waals surface area contributed by atoms with E-state index in [4.69, 9.17) is 16.3 Å². The van der Waals surface area contributed by atoms with Crippen molar-refractivity contribution in [2.45, 2.75) is 26.7 Å². The first-order chi connectivity index (χ1) is 14.2. The standard InChI is InChI=1S/C22H21BrClNO4S/c1-12(2)16-5-4-13(3)8-18(16)29-7-6-25-21(27)19(30-22(25)28)10-14-9-15(24)11-17(23)20(14)26/h4-5,8-12,26H,6-7H2,1-3H3/b19-10-. The summed E-state index contributed by atoms with van der Waals surface area (Å²) in [5.74, 6) is 0.597. The lowest BCUT2D eigenvalue weighted by Gasteiger charge is -2.17. The van der Waals surface area contributed by atoms with Crippen molar-refractivity contribution in [1.29, 1.82) is 0 Å². The molecule has 0 radical (unpaired) electrons. The average molecular weight is 511 g/mol. The predicted octanol–water partition coefficient (Wildman–Crippen LogP) is 6.36. The van der Waals surface area contributed by atoms with Crippen LogP contribution >= 0.6 is 39.3 Å². The van der Waals surface area contributed by atoms with Gasteiger partial charge in [0.1, 0.15) is 18.1 Å². The summed E-state index contributed by atoms with van der Waals surface area (Å²) in [6.45, 7) is 6.49. The summed E-state index contributed by atoms with van der Waals surface area (Å²) >= 11 is 10.1. The fourth-order valence-electron chi connectivity index (χ4n) is 3.02. The number of carbonyl (C=O) groups excluding carboxylic acids is 2. The van der Waals surface area contributed by atoms with Crippen LogP contribution in [0.15, 0.2) is 39.7 Å². The molecule has 0 saturated carbocycles. The molecule has 158 valence electrons. The highest BCUT2D eigenvalue weighted by Crippen LogP contribution is 2.37. The Bertz CT molecular complexity index is 1040. The molecule has 1 N–H and O–H groups in total. The highest BCUT2D eigenvalue weighted by molar-refractivity contribution is 9.10. The van der Waals surface area contributed by atoms with Crippen molar-refractivity contribution in [1.82, 2.24) is 4.90 Å². The van der Waals surface area contributed by atoms with Crippen LogP contribution in [-0.2, 0) is 4.79 Å². The van der Waals surface area contributed by atoms with Crippen LogP contribution in [0.4, 0.5) is 4.79 Å². The number of hydrogen-bond acceptors (Lipinski definition) is 5. The Hall–Kier alpha value is -1.96. The number of amides is 2. The molecule has 0 unspecified atom stereocenters. The molecule has 1 saturated heterocycles. The van der Waals surface area contributed by atoms with E-state index in [9.17, 15) is 14.7 Å². The van der Waals surface area contributed by atoms with Gasteiger partial charge >= 0.3 is 0 Å². The van der Waals surface area contributed by atoms with Crippen molar-refractivity contribution in [3.8, 4) is 11.5 Å². The number of phenolic OH excluding ortho intramolecular Hbond substituents is 1. The van der Waals surface area contributed by atoms with E-state index in [2.05, 4.69) is 29.8 Å². The van der Waals surface area contributed by atoms with Gasteiger partial charge < -0.3 is 9.84 Å². The van der Waals surface area contributed by atoms with E-state index >= 15 is 0 Å². The van der Waals surface area contributed by atoms with Crippen LogP contribution in [0.2, 0.25) is 5.02 Å². The second-order valence-corrected chi connectivity index (χ2v) is 9.49. The third kappa shape index (κ3) is 5.02. The van der Waals surface area contributed by atoms with Crippen LogP contribution in [0.25, 0.3) is 6.08 Å². The van der Waals surface area contributed by atoms with Crippen LogP contribution in [0.1, 0.15) is 36.5 Å². The molecule has 1 fully saturated rings. The molecule has 1 aliphatic heterocycles. The Morgan fingerprint density at radius 2 is 2.00 bits per heavy atom. The van der Waals surface area contributed by atoms with Crippen molar-refractivity contribution in [3.63, 3.8) is 0 Å². The molecule has 2 aromatic rings. The number of rotatable bonds is 6. The summed E-state index contributed by atoms with van der Waals surface area (Å²) < 4.78 is 6.31. The lowest BCUT2D eigenvalue weighted by molar-refractivity contribution is -0.123. The smallest absolute Gasteiger partial charge is 0.293 e. The number of halogens is 2. The lowest BCUT2D eigenvalue weighted by atomic mass is 10.0. The van der Waals surface area contributed by atoms with Crippen molar-refractivity contribution < 1.29 is 19.4 Å². The summed E-state index contributed by atoms with van der Waals surface area (Å²) in [6.07, 6.45) is 1.47. The highest BCUT2D eigenvalue weighted by Gasteiger charge is 2.35. The molecule has 2 aromatic carbocycles. The van der Waals surface area contributed by atoms with Crippen LogP contribution in [0.5, 0.6) is 11.5 Å². The van der Waals surface area contributed by atoms with E-state index in [1.807, 2.05) is 25.1 Å². The van der Waals surface area contributed by atoms with Gasteiger partial charge in [-0.3, -0.25) is 14.5 Å². The number of ether oxygens (including phenoxy) is 1. The van der Waals surface area contributed by atoms with Crippen LogP contribution in [0, 0.1) is 6.92 Å². The number of carbonyl (C=O) groups is 2. The largest absolute Gasteiger partial charge is 0.506 e. The van der Waals surface area contributed by atoms with Gasteiger partial charge in [0, 0.05) is 10.6 Å². The first-order valence-corrected chi connectivity index (χ1v) is 11.3. The number of phenols is 1. The summed E-state index contributed by atoms with van der Waals surface area (Å²) in [7, 11) is 0. The maximum atomic E-state index is 12.7. The van der Waals surface area contributed by atoms with Gasteiger partial charge in [0.25, 0.3) is 11.1 Å². The van der Waals surface area contributed by atoms with E-state index < -0.39 is 5.91 Å². The van der Waals surface area contributed by atoms with E-state index in [1.165, 1.54) is 12.1 Å². The summed E-state index contributed by atoms with van der Waals surface area (Å²) in [4.78, 5) is 26.4. The zero-order valence-electron chi connectivity index (χ0n) is 16.7. The van der Waals surface area contributed by atoms with Crippen molar-refractivity contribution >= 4 is 56.5 Å². The Morgan fingerprint density at radius 3 is 2.70 bits per heavy atom. The minimum atomic E-state index is -0.419. The van der Waals surface area contributed by atoms with Crippen molar-refractivity contribution in [2.75, 3.05) is 13.2 Å². The maximum absolute atomic E-state index is 12.7. The minimum Gasteiger partial charge on any atom is -0.506 e. The molecule has 0 aliphatic carbocycles. The molecule has 0 atom stereocenters. The molecule has 0 bridgehead atoms. The van der Waals surface area contributed by atoms with Crippen LogP contribution in [-0.4, -0.2) is 34.3 Å². The van der Waals surface area contributed by atoms with Crippen molar-refractivity contribution in [3.05, 3.63) is 61.4 Å². The van der Waals surface area contributed by atoms with Gasteiger partial charge in [0.2, 0.25) is 0 Å². The number of aryl methyl sites for hydroxylation is 1. The number of hydrogen-bond donors (Lipinski definition) is 1. The Labute approximate surface area is 193 Å². The summed E-state index contributed by atoms with van der Waals surface area (Å²) in [6, 6.07) is 9.11. The Balaban J connectivity index is 1.72. The molecule has 30 heavy (non-hydrogen) atoms. The SMILES string of the molecule is Cc1ccc(C(C)C)c(OCCN2C(=O)S/C(=C\c3cc(Cl)cc(Br)c3O)C2=O)c1. The van der Waals surface area contributed by atoms with E-state index in [-0.39, 0.29) is 29.0 Å². The van der Waals surface area contributed by atoms with E-state index in [1.54, 1.807) is 6.07 Å². The topological polar surface area (TPSA) is 66.8 Å². The number of imide groups is 1. The van der Waals surface area contributed by atoms with Crippen molar-refractivity contribution in [2.24, 2.45) is 0 Å². The first-order valence-electron chi connectivity index (χ1n) is 9.34. The molecule has 5 nitrogen and oxygen atoms in total. The average Bonchev–Trinajstić information content (AvgIpc) is 2.93. The molecule has 1 heterocycles. The number of aromatic hydroxyl groups is 1. The lowest BCUT2D eigenvalue weighted by Crippen LogP contribution is -2.32. The number of thioether (sulfide) groups is 1. The second-order valence-electron chi connectivity index (χ2n) is 7.20. The van der Waals surface area contributed by atoms with Crippen LogP contribution < -0.4 is 4.74 Å². The molecule has 8 heteroatoms. The molecule has 0 spiro atoms.